The Labute approximate surface area is 115 Å². The van der Waals surface area contributed by atoms with Crippen LogP contribution in [0.2, 0.25) is 0 Å². The summed E-state index contributed by atoms with van der Waals surface area (Å²) in [6, 6.07) is 8.28. The highest BCUT2D eigenvalue weighted by atomic mass is 16.2. The third kappa shape index (κ3) is 2.64. The van der Waals surface area contributed by atoms with Gasteiger partial charge in [0.05, 0.1) is 6.54 Å². The van der Waals surface area contributed by atoms with E-state index in [2.05, 4.69) is 32.6 Å². The van der Waals surface area contributed by atoms with Crippen molar-refractivity contribution in [2.24, 2.45) is 0 Å². The minimum Gasteiger partial charge on any atom is -0.349 e. The average molecular weight is 272 g/mol. The van der Waals surface area contributed by atoms with Gasteiger partial charge in [0, 0.05) is 6.42 Å². The third-order valence-corrected chi connectivity index (χ3v) is 3.69. The van der Waals surface area contributed by atoms with Crippen molar-refractivity contribution < 1.29 is 4.79 Å². The van der Waals surface area contributed by atoms with Crippen LogP contribution in [0.25, 0.3) is 0 Å². The van der Waals surface area contributed by atoms with E-state index in [1.807, 2.05) is 12.1 Å². The van der Waals surface area contributed by atoms with Crippen LogP contribution >= 0.6 is 0 Å². The van der Waals surface area contributed by atoms with Crippen LogP contribution in [0.15, 0.2) is 29.1 Å². The van der Waals surface area contributed by atoms with E-state index in [1.165, 1.54) is 11.1 Å². The Morgan fingerprint density at radius 3 is 3.05 bits per heavy atom. The zero-order valence-corrected chi connectivity index (χ0v) is 11.0. The summed E-state index contributed by atoms with van der Waals surface area (Å²) in [6.07, 6.45) is 2.54. The van der Waals surface area contributed by atoms with Gasteiger partial charge in [0.2, 0.25) is 5.91 Å². The SMILES string of the molecule is O=C(C[C@@H]1CCc2ccccc21)NCc1n[nH]c(=O)[nH]1. The second kappa shape index (κ2) is 5.32. The Hall–Kier alpha value is -2.37. The molecule has 1 aliphatic carbocycles. The van der Waals surface area contributed by atoms with Crippen molar-refractivity contribution >= 4 is 5.91 Å². The topological polar surface area (TPSA) is 90.6 Å². The molecule has 3 rings (SSSR count). The van der Waals surface area contributed by atoms with E-state index >= 15 is 0 Å². The van der Waals surface area contributed by atoms with Crippen LogP contribution in [0.5, 0.6) is 0 Å². The second-order valence-corrected chi connectivity index (χ2v) is 5.04. The fourth-order valence-corrected chi connectivity index (χ4v) is 2.72. The first-order chi connectivity index (χ1) is 9.72. The van der Waals surface area contributed by atoms with E-state index in [0.29, 0.717) is 18.2 Å². The first kappa shape index (κ1) is 12.7. The molecule has 1 amide bonds. The predicted molar refractivity (Wildman–Crippen MR) is 73.2 cm³/mol. The first-order valence-electron chi connectivity index (χ1n) is 6.70. The Balaban J connectivity index is 1.56. The summed E-state index contributed by atoms with van der Waals surface area (Å²) in [5.74, 6) is 0.718. The van der Waals surface area contributed by atoms with Gasteiger partial charge in [0.15, 0.2) is 0 Å². The van der Waals surface area contributed by atoms with Crippen molar-refractivity contribution in [2.75, 3.05) is 0 Å². The number of aromatic amines is 2. The number of H-pyrrole nitrogens is 2. The number of rotatable bonds is 4. The number of amides is 1. The third-order valence-electron chi connectivity index (χ3n) is 3.69. The summed E-state index contributed by atoms with van der Waals surface area (Å²) < 4.78 is 0. The molecule has 0 bridgehead atoms. The molecular formula is C14H16N4O2. The minimum atomic E-state index is -0.362. The van der Waals surface area contributed by atoms with Crippen LogP contribution in [0.3, 0.4) is 0 Å². The Bertz CT molecular complexity index is 674. The van der Waals surface area contributed by atoms with E-state index in [9.17, 15) is 9.59 Å². The van der Waals surface area contributed by atoms with Gasteiger partial charge >= 0.3 is 5.69 Å². The van der Waals surface area contributed by atoms with Crippen molar-refractivity contribution in [3.63, 3.8) is 0 Å². The van der Waals surface area contributed by atoms with Crippen molar-refractivity contribution in [2.45, 2.75) is 31.7 Å². The first-order valence-corrected chi connectivity index (χ1v) is 6.70. The lowest BCUT2D eigenvalue weighted by atomic mass is 9.97. The van der Waals surface area contributed by atoms with E-state index < -0.39 is 0 Å². The van der Waals surface area contributed by atoms with Gasteiger partial charge in [0.1, 0.15) is 5.82 Å². The summed E-state index contributed by atoms with van der Waals surface area (Å²) in [6.45, 7) is 0.242. The van der Waals surface area contributed by atoms with Gasteiger partial charge in [-0.1, -0.05) is 24.3 Å². The van der Waals surface area contributed by atoms with E-state index in [4.69, 9.17) is 0 Å². The molecule has 0 radical (unpaired) electrons. The molecule has 20 heavy (non-hydrogen) atoms. The summed E-state index contributed by atoms with van der Waals surface area (Å²) in [4.78, 5) is 25.3. The maximum Gasteiger partial charge on any atom is 0.340 e. The van der Waals surface area contributed by atoms with Crippen molar-refractivity contribution in [3.8, 4) is 0 Å². The predicted octanol–water partition coefficient (Wildman–Crippen LogP) is 0.834. The average Bonchev–Trinajstić information content (AvgIpc) is 3.04. The molecule has 1 aliphatic rings. The molecule has 6 nitrogen and oxygen atoms in total. The molecule has 0 unspecified atom stereocenters. The van der Waals surface area contributed by atoms with E-state index in [1.54, 1.807) is 0 Å². The number of hydrogen-bond acceptors (Lipinski definition) is 3. The minimum absolute atomic E-state index is 0.0180. The quantitative estimate of drug-likeness (QED) is 0.770. The Morgan fingerprint density at radius 2 is 2.25 bits per heavy atom. The molecule has 0 fully saturated rings. The fraction of sp³-hybridized carbons (Fsp3) is 0.357. The number of carbonyl (C=O) groups is 1. The maximum atomic E-state index is 11.9. The molecular weight excluding hydrogens is 256 g/mol. The van der Waals surface area contributed by atoms with Crippen LogP contribution in [-0.2, 0) is 17.8 Å². The van der Waals surface area contributed by atoms with Gasteiger partial charge in [-0.25, -0.2) is 9.89 Å². The molecule has 0 saturated heterocycles. The van der Waals surface area contributed by atoms with E-state index in [0.717, 1.165) is 12.8 Å². The van der Waals surface area contributed by atoms with Crippen LogP contribution in [0.4, 0.5) is 0 Å². The number of nitrogens with zero attached hydrogens (tertiary/aromatic N) is 1. The number of carbonyl (C=O) groups excluding carboxylic acids is 1. The summed E-state index contributed by atoms with van der Waals surface area (Å²) in [5.41, 5.74) is 2.27. The molecule has 3 N–H and O–H groups in total. The second-order valence-electron chi connectivity index (χ2n) is 5.04. The molecule has 0 aliphatic heterocycles. The van der Waals surface area contributed by atoms with Crippen LogP contribution in [0.1, 0.15) is 35.7 Å². The highest BCUT2D eigenvalue weighted by Crippen LogP contribution is 2.34. The standard InChI is InChI=1S/C14H16N4O2/c19-13(15-8-12-16-14(20)18-17-12)7-10-6-5-9-3-1-2-4-11(9)10/h1-4,10H,5-8H2,(H,15,19)(H2,16,17,18,20)/t10-/m0/s1. The van der Waals surface area contributed by atoms with Crippen LogP contribution in [-0.4, -0.2) is 21.1 Å². The molecule has 0 saturated carbocycles. The number of aryl methyl sites for hydroxylation is 1. The number of nitrogens with one attached hydrogen (secondary N) is 3. The number of benzene rings is 1. The zero-order valence-electron chi connectivity index (χ0n) is 11.0. The van der Waals surface area contributed by atoms with Gasteiger partial charge in [-0.3, -0.25) is 9.78 Å². The maximum absolute atomic E-state index is 11.9. The Kier molecular flexibility index (Phi) is 3.37. The number of hydrogen-bond donors (Lipinski definition) is 3. The monoisotopic (exact) mass is 272 g/mol. The smallest absolute Gasteiger partial charge is 0.340 e. The normalized spacial score (nSPS) is 16.9. The van der Waals surface area contributed by atoms with Crippen molar-refractivity contribution in [1.82, 2.24) is 20.5 Å². The molecule has 0 spiro atoms. The molecule has 1 aromatic carbocycles. The molecule has 104 valence electrons. The van der Waals surface area contributed by atoms with Crippen LogP contribution < -0.4 is 11.0 Å². The molecule has 6 heteroatoms. The highest BCUT2D eigenvalue weighted by molar-refractivity contribution is 5.77. The van der Waals surface area contributed by atoms with Crippen molar-refractivity contribution in [3.05, 3.63) is 51.7 Å². The summed E-state index contributed by atoms with van der Waals surface area (Å²) in [5, 5.41) is 8.79. The van der Waals surface area contributed by atoms with E-state index in [-0.39, 0.29) is 18.1 Å². The lowest BCUT2D eigenvalue weighted by Gasteiger charge is -2.11. The summed E-state index contributed by atoms with van der Waals surface area (Å²) in [7, 11) is 0. The van der Waals surface area contributed by atoms with Gasteiger partial charge < -0.3 is 5.32 Å². The zero-order chi connectivity index (χ0) is 13.9. The lowest BCUT2D eigenvalue weighted by Crippen LogP contribution is -2.25. The van der Waals surface area contributed by atoms with Gasteiger partial charge in [-0.05, 0) is 29.9 Å². The fourth-order valence-electron chi connectivity index (χ4n) is 2.72. The Morgan fingerprint density at radius 1 is 1.40 bits per heavy atom. The van der Waals surface area contributed by atoms with Gasteiger partial charge in [0.25, 0.3) is 0 Å². The molecule has 1 atom stereocenters. The molecule has 1 heterocycles. The van der Waals surface area contributed by atoms with Gasteiger partial charge in [-0.2, -0.15) is 5.10 Å². The molecule has 2 aromatic rings. The largest absolute Gasteiger partial charge is 0.349 e. The van der Waals surface area contributed by atoms with Crippen LogP contribution in [0, 0.1) is 0 Å². The summed E-state index contributed by atoms with van der Waals surface area (Å²) >= 11 is 0. The molecule has 1 aromatic heterocycles. The lowest BCUT2D eigenvalue weighted by molar-refractivity contribution is -0.121. The van der Waals surface area contributed by atoms with Gasteiger partial charge in [-0.15, -0.1) is 0 Å². The number of aromatic nitrogens is 3. The number of fused-ring (bicyclic) bond motifs is 1. The highest BCUT2D eigenvalue weighted by Gasteiger charge is 2.24. The van der Waals surface area contributed by atoms with Crippen molar-refractivity contribution in [1.29, 1.82) is 0 Å².